The van der Waals surface area contributed by atoms with Gasteiger partial charge in [0.25, 0.3) is 0 Å². The van der Waals surface area contributed by atoms with Gasteiger partial charge >= 0.3 is 11.6 Å². The van der Waals surface area contributed by atoms with E-state index in [1.165, 1.54) is 12.1 Å². The summed E-state index contributed by atoms with van der Waals surface area (Å²) in [6, 6.07) is 13.4. The quantitative estimate of drug-likeness (QED) is 0.400. The zero-order valence-electron chi connectivity index (χ0n) is 15.0. The highest BCUT2D eigenvalue weighted by atomic mass is 16.6. The van der Waals surface area contributed by atoms with E-state index in [1.807, 2.05) is 26.0 Å². The fraction of sp³-hybridized carbons (Fsp3) is 0.238. The van der Waals surface area contributed by atoms with E-state index in [9.17, 15) is 9.59 Å². The molecule has 0 saturated heterocycles. The van der Waals surface area contributed by atoms with Crippen molar-refractivity contribution in [2.24, 2.45) is 0 Å². The molecular formula is C21H18O6. The maximum Gasteiger partial charge on any atom is 0.349 e. The summed E-state index contributed by atoms with van der Waals surface area (Å²) in [6.45, 7) is 3.74. The highest BCUT2D eigenvalue weighted by Crippen LogP contribution is 2.41. The number of ether oxygens (including phenoxy) is 3. The van der Waals surface area contributed by atoms with Gasteiger partial charge in [0.1, 0.15) is 16.9 Å². The van der Waals surface area contributed by atoms with Gasteiger partial charge in [-0.25, -0.2) is 9.59 Å². The molecule has 0 unspecified atom stereocenters. The van der Waals surface area contributed by atoms with Crippen LogP contribution in [0.1, 0.15) is 19.4 Å². The zero-order chi connectivity index (χ0) is 19.0. The Morgan fingerprint density at radius 2 is 1.96 bits per heavy atom. The molecule has 27 heavy (non-hydrogen) atoms. The Morgan fingerprint density at radius 3 is 2.81 bits per heavy atom. The summed E-state index contributed by atoms with van der Waals surface area (Å²) in [5.41, 5.74) is 0.646. The third-order valence-corrected chi connectivity index (χ3v) is 4.23. The van der Waals surface area contributed by atoms with Gasteiger partial charge in [0.05, 0.1) is 0 Å². The van der Waals surface area contributed by atoms with Crippen LogP contribution in [-0.2, 0) is 11.2 Å². The lowest BCUT2D eigenvalue weighted by Gasteiger charge is -2.18. The van der Waals surface area contributed by atoms with E-state index >= 15 is 0 Å². The number of esters is 1. The number of carbonyl (C=O) groups is 1. The molecular weight excluding hydrogens is 348 g/mol. The number of fused-ring (bicyclic) bond motifs is 2. The van der Waals surface area contributed by atoms with Gasteiger partial charge in [0.15, 0.2) is 18.1 Å². The van der Waals surface area contributed by atoms with Crippen molar-refractivity contribution in [1.29, 1.82) is 0 Å². The molecule has 6 heteroatoms. The Kier molecular flexibility index (Phi) is 4.11. The molecule has 0 amide bonds. The molecule has 0 atom stereocenters. The molecule has 0 bridgehead atoms. The van der Waals surface area contributed by atoms with Crippen molar-refractivity contribution in [1.82, 2.24) is 0 Å². The van der Waals surface area contributed by atoms with Crippen LogP contribution in [0, 0.1) is 0 Å². The van der Waals surface area contributed by atoms with Crippen molar-refractivity contribution in [2.75, 3.05) is 6.61 Å². The molecule has 0 spiro atoms. The van der Waals surface area contributed by atoms with Crippen LogP contribution in [-0.4, -0.2) is 18.2 Å². The van der Waals surface area contributed by atoms with E-state index in [1.54, 1.807) is 24.3 Å². The van der Waals surface area contributed by atoms with Gasteiger partial charge in [-0.05, 0) is 38.1 Å². The zero-order valence-corrected chi connectivity index (χ0v) is 15.0. The second kappa shape index (κ2) is 6.46. The third-order valence-electron chi connectivity index (χ3n) is 4.23. The smallest absolute Gasteiger partial charge is 0.349 e. The fourth-order valence-corrected chi connectivity index (χ4v) is 3.10. The fourth-order valence-electron chi connectivity index (χ4n) is 3.10. The minimum absolute atomic E-state index is 0.267. The van der Waals surface area contributed by atoms with E-state index in [2.05, 4.69) is 0 Å². The molecule has 0 aliphatic carbocycles. The minimum atomic E-state index is -0.567. The van der Waals surface area contributed by atoms with Crippen LogP contribution < -0.4 is 19.8 Å². The Hall–Kier alpha value is -3.28. The summed E-state index contributed by atoms with van der Waals surface area (Å²) >= 11 is 0. The first-order valence-electron chi connectivity index (χ1n) is 8.58. The first-order chi connectivity index (χ1) is 12.9. The SMILES string of the molecule is CC1(C)Cc2cccc(OCC(=O)Oc3ccc4ccc(=O)oc4c3)c2O1. The molecule has 3 aromatic rings. The average molecular weight is 366 g/mol. The molecule has 1 aromatic heterocycles. The maximum absolute atomic E-state index is 12.1. The summed E-state index contributed by atoms with van der Waals surface area (Å²) in [5.74, 6) is 0.894. The lowest BCUT2D eigenvalue weighted by Crippen LogP contribution is -2.25. The Balaban J connectivity index is 1.44. The molecule has 0 N–H and O–H groups in total. The Labute approximate surface area is 155 Å². The molecule has 138 valence electrons. The number of hydrogen-bond donors (Lipinski definition) is 0. The summed E-state index contributed by atoms with van der Waals surface area (Å²) < 4.78 is 21.9. The van der Waals surface area contributed by atoms with E-state index in [0.29, 0.717) is 17.1 Å². The van der Waals surface area contributed by atoms with E-state index in [4.69, 9.17) is 18.6 Å². The molecule has 1 aliphatic rings. The number of benzene rings is 2. The molecule has 4 rings (SSSR count). The summed E-state index contributed by atoms with van der Waals surface area (Å²) in [6.07, 6.45) is 0.784. The topological polar surface area (TPSA) is 75.0 Å². The van der Waals surface area contributed by atoms with Gasteiger partial charge in [0, 0.05) is 29.5 Å². The summed E-state index contributed by atoms with van der Waals surface area (Å²) in [5, 5.41) is 0.741. The second-order valence-corrected chi connectivity index (χ2v) is 7.00. The lowest BCUT2D eigenvalue weighted by molar-refractivity contribution is -0.136. The molecule has 2 aromatic carbocycles. The van der Waals surface area contributed by atoms with E-state index in [-0.39, 0.29) is 18.0 Å². The van der Waals surface area contributed by atoms with Crippen LogP contribution in [0.5, 0.6) is 17.2 Å². The van der Waals surface area contributed by atoms with Gasteiger partial charge in [-0.3, -0.25) is 0 Å². The maximum atomic E-state index is 12.1. The second-order valence-electron chi connectivity index (χ2n) is 7.00. The van der Waals surface area contributed by atoms with Gasteiger partial charge < -0.3 is 18.6 Å². The van der Waals surface area contributed by atoms with Gasteiger partial charge in [-0.2, -0.15) is 0 Å². The number of rotatable bonds is 4. The Morgan fingerprint density at radius 1 is 1.15 bits per heavy atom. The molecule has 2 heterocycles. The lowest BCUT2D eigenvalue weighted by atomic mass is 10.0. The minimum Gasteiger partial charge on any atom is -0.483 e. The highest BCUT2D eigenvalue weighted by Gasteiger charge is 2.32. The molecule has 0 saturated carbocycles. The van der Waals surface area contributed by atoms with E-state index < -0.39 is 11.6 Å². The standard InChI is InChI=1S/C21H18O6/c1-21(2)11-14-4-3-5-16(20(14)27-21)24-12-19(23)25-15-8-6-13-7-9-18(22)26-17(13)10-15/h3-10H,11-12H2,1-2H3. The van der Waals surface area contributed by atoms with Crippen LogP contribution >= 0.6 is 0 Å². The molecule has 1 aliphatic heterocycles. The molecule has 0 fully saturated rings. The van der Waals surface area contributed by atoms with Crippen molar-refractivity contribution in [3.8, 4) is 17.2 Å². The van der Waals surface area contributed by atoms with Gasteiger partial charge in [0.2, 0.25) is 0 Å². The largest absolute Gasteiger partial charge is 0.483 e. The predicted octanol–water partition coefficient (Wildman–Crippen LogP) is 3.49. The first kappa shape index (κ1) is 17.1. The number of carbonyl (C=O) groups excluding carboxylic acids is 1. The van der Waals surface area contributed by atoms with Crippen LogP contribution in [0.25, 0.3) is 11.0 Å². The van der Waals surface area contributed by atoms with Crippen LogP contribution in [0.15, 0.2) is 57.7 Å². The average Bonchev–Trinajstić information content (AvgIpc) is 2.94. The van der Waals surface area contributed by atoms with Crippen molar-refractivity contribution in [2.45, 2.75) is 25.9 Å². The van der Waals surface area contributed by atoms with Crippen molar-refractivity contribution >= 4 is 16.9 Å². The van der Waals surface area contributed by atoms with Crippen LogP contribution in [0.2, 0.25) is 0 Å². The third kappa shape index (κ3) is 3.65. The van der Waals surface area contributed by atoms with Crippen molar-refractivity contribution < 1.29 is 23.4 Å². The summed E-state index contributed by atoms with van der Waals surface area (Å²) in [7, 11) is 0. The van der Waals surface area contributed by atoms with Gasteiger partial charge in [-0.1, -0.05) is 12.1 Å². The monoisotopic (exact) mass is 366 g/mol. The number of hydrogen-bond acceptors (Lipinski definition) is 6. The highest BCUT2D eigenvalue weighted by molar-refractivity contribution is 5.80. The predicted molar refractivity (Wildman–Crippen MR) is 98.5 cm³/mol. The van der Waals surface area contributed by atoms with Crippen LogP contribution in [0.3, 0.4) is 0 Å². The Bertz CT molecular complexity index is 1080. The van der Waals surface area contributed by atoms with E-state index in [0.717, 1.165) is 17.4 Å². The van der Waals surface area contributed by atoms with Crippen molar-refractivity contribution in [3.05, 3.63) is 64.5 Å². The van der Waals surface area contributed by atoms with Crippen LogP contribution in [0.4, 0.5) is 0 Å². The number of para-hydroxylation sites is 1. The molecule has 6 nitrogen and oxygen atoms in total. The molecule has 0 radical (unpaired) electrons. The van der Waals surface area contributed by atoms with Gasteiger partial charge in [-0.15, -0.1) is 0 Å². The summed E-state index contributed by atoms with van der Waals surface area (Å²) in [4.78, 5) is 23.4. The normalized spacial score (nSPS) is 14.4. The first-order valence-corrected chi connectivity index (χ1v) is 8.58. The van der Waals surface area contributed by atoms with Crippen molar-refractivity contribution in [3.63, 3.8) is 0 Å².